The molecule has 0 aromatic heterocycles. The molecule has 0 spiro atoms. The van der Waals surface area contributed by atoms with Gasteiger partial charge in [-0.25, -0.2) is 4.39 Å². The summed E-state index contributed by atoms with van der Waals surface area (Å²) in [5, 5.41) is 5.53. The first kappa shape index (κ1) is 24.2. The zero-order valence-electron chi connectivity index (χ0n) is 18.7. The molecule has 1 unspecified atom stereocenters. The number of nitrogens with zero attached hydrogens (tertiary/aromatic N) is 3. The first-order chi connectivity index (χ1) is 16.4. The third-order valence-corrected chi connectivity index (χ3v) is 6.61. The monoisotopic (exact) mass is 531 g/mol. The number of rotatable bonds is 6. The molecule has 0 aliphatic carbocycles. The van der Waals surface area contributed by atoms with Crippen LogP contribution < -0.4 is 15.5 Å². The van der Waals surface area contributed by atoms with Gasteiger partial charge in [-0.15, -0.1) is 0 Å². The highest BCUT2D eigenvalue weighted by atomic mass is 79.9. The fourth-order valence-electron chi connectivity index (χ4n) is 4.27. The summed E-state index contributed by atoms with van der Waals surface area (Å²) in [6.45, 7) is 3.29. The number of hydrogen-bond donors (Lipinski definition) is 2. The van der Waals surface area contributed by atoms with Gasteiger partial charge >= 0.3 is 0 Å². The van der Waals surface area contributed by atoms with Crippen LogP contribution >= 0.6 is 15.9 Å². The molecule has 2 fully saturated rings. The van der Waals surface area contributed by atoms with Gasteiger partial charge in [0.15, 0.2) is 0 Å². The van der Waals surface area contributed by atoms with Crippen molar-refractivity contribution in [2.45, 2.75) is 12.5 Å². The molecule has 2 heterocycles. The molecule has 10 heteroatoms. The number of carbonyl (C=O) groups excluding carboxylic acids is 3. The van der Waals surface area contributed by atoms with Crippen molar-refractivity contribution in [2.24, 2.45) is 0 Å². The summed E-state index contributed by atoms with van der Waals surface area (Å²) in [7, 11) is 0. The number of hydrogen-bond acceptors (Lipinski definition) is 5. The van der Waals surface area contributed by atoms with Crippen LogP contribution in [0.2, 0.25) is 0 Å². The minimum absolute atomic E-state index is 0.116. The van der Waals surface area contributed by atoms with Crippen LogP contribution in [0.1, 0.15) is 6.42 Å². The first-order valence-corrected chi connectivity index (χ1v) is 12.0. The van der Waals surface area contributed by atoms with E-state index in [9.17, 15) is 18.8 Å². The number of amides is 3. The van der Waals surface area contributed by atoms with Crippen LogP contribution in [0, 0.1) is 5.82 Å². The molecule has 8 nitrogen and oxygen atoms in total. The second-order valence-corrected chi connectivity index (χ2v) is 9.28. The maximum atomic E-state index is 14.1. The maximum Gasteiger partial charge on any atom is 0.243 e. The average molecular weight is 532 g/mol. The standard InChI is InChI=1S/C24H27BrFN5O3/c25-17-5-7-18(8-6-17)28-22(32)15-21-24(34)27-9-10-31(21)23(33)16-29-11-13-30(14-12-29)20-4-2-1-3-19(20)26/h1-8,21H,9-16H2,(H,27,34)(H,28,32). The van der Waals surface area contributed by atoms with E-state index in [1.54, 1.807) is 24.3 Å². The summed E-state index contributed by atoms with van der Waals surface area (Å²) < 4.78 is 15.0. The van der Waals surface area contributed by atoms with E-state index >= 15 is 0 Å². The molecule has 0 saturated carbocycles. The molecular formula is C24H27BrFN5O3. The Bertz CT molecular complexity index is 1040. The molecule has 34 heavy (non-hydrogen) atoms. The fourth-order valence-corrected chi connectivity index (χ4v) is 4.54. The highest BCUT2D eigenvalue weighted by Crippen LogP contribution is 2.21. The highest BCUT2D eigenvalue weighted by molar-refractivity contribution is 9.10. The number of halogens is 2. The van der Waals surface area contributed by atoms with Crippen molar-refractivity contribution in [3.05, 3.63) is 58.8 Å². The number of para-hydroxylation sites is 1. The SMILES string of the molecule is O=C(CC1C(=O)NCCN1C(=O)CN1CCN(c2ccccc2F)CC1)Nc1ccc(Br)cc1. The predicted molar refractivity (Wildman–Crippen MR) is 131 cm³/mol. The Morgan fingerprint density at radius 3 is 2.44 bits per heavy atom. The summed E-state index contributed by atoms with van der Waals surface area (Å²) >= 11 is 3.35. The van der Waals surface area contributed by atoms with Crippen LogP contribution in [0.15, 0.2) is 53.0 Å². The van der Waals surface area contributed by atoms with Gasteiger partial charge in [-0.05, 0) is 36.4 Å². The van der Waals surface area contributed by atoms with Gasteiger partial charge in [0.1, 0.15) is 11.9 Å². The van der Waals surface area contributed by atoms with Gasteiger partial charge in [-0.1, -0.05) is 28.1 Å². The summed E-state index contributed by atoms with van der Waals surface area (Å²) in [6, 6.07) is 13.0. The molecule has 2 aliphatic rings. The van der Waals surface area contributed by atoms with E-state index in [2.05, 4.69) is 26.6 Å². The molecule has 4 rings (SSSR count). The van der Waals surface area contributed by atoms with Gasteiger partial charge in [0.05, 0.1) is 18.7 Å². The van der Waals surface area contributed by atoms with E-state index in [4.69, 9.17) is 0 Å². The van der Waals surface area contributed by atoms with Gasteiger partial charge in [0, 0.05) is 49.4 Å². The van der Waals surface area contributed by atoms with Crippen LogP contribution in [0.4, 0.5) is 15.8 Å². The average Bonchev–Trinajstić information content (AvgIpc) is 2.83. The Kier molecular flexibility index (Phi) is 7.79. The Labute approximate surface area is 206 Å². The number of nitrogens with one attached hydrogen (secondary N) is 2. The van der Waals surface area contributed by atoms with Crippen molar-refractivity contribution >= 4 is 45.0 Å². The largest absolute Gasteiger partial charge is 0.367 e. The van der Waals surface area contributed by atoms with Crippen molar-refractivity contribution in [1.82, 2.24) is 15.1 Å². The van der Waals surface area contributed by atoms with Crippen LogP contribution in [-0.4, -0.2) is 79.4 Å². The lowest BCUT2D eigenvalue weighted by molar-refractivity contribution is -0.145. The lowest BCUT2D eigenvalue weighted by atomic mass is 10.1. The van der Waals surface area contributed by atoms with Crippen molar-refractivity contribution in [1.29, 1.82) is 0 Å². The molecule has 1 atom stereocenters. The highest BCUT2D eigenvalue weighted by Gasteiger charge is 2.35. The first-order valence-electron chi connectivity index (χ1n) is 11.2. The molecule has 2 aliphatic heterocycles. The van der Waals surface area contributed by atoms with Crippen LogP contribution in [-0.2, 0) is 14.4 Å². The molecule has 0 bridgehead atoms. The van der Waals surface area contributed by atoms with E-state index in [0.717, 1.165) is 4.47 Å². The van der Waals surface area contributed by atoms with Crippen molar-refractivity contribution in [3.63, 3.8) is 0 Å². The van der Waals surface area contributed by atoms with Gasteiger partial charge in [-0.2, -0.15) is 0 Å². The molecule has 2 saturated heterocycles. The quantitative estimate of drug-likeness (QED) is 0.596. The van der Waals surface area contributed by atoms with E-state index in [1.807, 2.05) is 28.0 Å². The lowest BCUT2D eigenvalue weighted by Crippen LogP contribution is -2.60. The summed E-state index contributed by atoms with van der Waals surface area (Å²) in [6.07, 6.45) is -0.116. The Morgan fingerprint density at radius 1 is 1.03 bits per heavy atom. The summed E-state index contributed by atoms with van der Waals surface area (Å²) in [5.41, 5.74) is 1.19. The summed E-state index contributed by atoms with van der Waals surface area (Å²) in [5.74, 6) is -1.10. The van der Waals surface area contributed by atoms with Gasteiger partial charge in [0.25, 0.3) is 0 Å². The van der Waals surface area contributed by atoms with E-state index in [0.29, 0.717) is 50.6 Å². The molecule has 2 N–H and O–H groups in total. The van der Waals surface area contributed by atoms with Crippen molar-refractivity contribution < 1.29 is 18.8 Å². The minimum atomic E-state index is -0.851. The second-order valence-electron chi connectivity index (χ2n) is 8.37. The molecule has 3 amide bonds. The van der Waals surface area contributed by atoms with Crippen LogP contribution in [0.3, 0.4) is 0 Å². The van der Waals surface area contributed by atoms with E-state index in [-0.39, 0.29) is 36.5 Å². The Hall–Kier alpha value is -2.98. The normalized spacial score (nSPS) is 19.0. The predicted octanol–water partition coefficient (Wildman–Crippen LogP) is 2.07. The van der Waals surface area contributed by atoms with Gasteiger partial charge in [0.2, 0.25) is 17.7 Å². The summed E-state index contributed by atoms with van der Waals surface area (Å²) in [4.78, 5) is 43.7. The third kappa shape index (κ3) is 5.92. The van der Waals surface area contributed by atoms with E-state index < -0.39 is 6.04 Å². The number of benzene rings is 2. The lowest BCUT2D eigenvalue weighted by Gasteiger charge is -2.39. The molecule has 2 aromatic rings. The minimum Gasteiger partial charge on any atom is -0.367 e. The van der Waals surface area contributed by atoms with Crippen LogP contribution in [0.5, 0.6) is 0 Å². The van der Waals surface area contributed by atoms with Crippen molar-refractivity contribution in [3.8, 4) is 0 Å². The van der Waals surface area contributed by atoms with Gasteiger partial charge in [-0.3, -0.25) is 19.3 Å². The Balaban J connectivity index is 1.32. The molecule has 0 radical (unpaired) electrons. The van der Waals surface area contributed by atoms with E-state index in [1.165, 1.54) is 11.0 Å². The fraction of sp³-hybridized carbons (Fsp3) is 0.375. The van der Waals surface area contributed by atoms with Crippen LogP contribution in [0.25, 0.3) is 0 Å². The molecule has 180 valence electrons. The topological polar surface area (TPSA) is 85.0 Å². The van der Waals surface area contributed by atoms with Crippen molar-refractivity contribution in [2.75, 3.05) is 56.0 Å². The zero-order valence-corrected chi connectivity index (χ0v) is 20.3. The Morgan fingerprint density at radius 2 is 1.74 bits per heavy atom. The number of anilines is 2. The number of piperazine rings is 2. The second kappa shape index (κ2) is 11.0. The van der Waals surface area contributed by atoms with Gasteiger partial charge < -0.3 is 20.4 Å². The molecular weight excluding hydrogens is 505 g/mol. The smallest absolute Gasteiger partial charge is 0.243 e. The molecule has 2 aromatic carbocycles. The maximum absolute atomic E-state index is 14.1. The third-order valence-electron chi connectivity index (χ3n) is 6.08. The zero-order chi connectivity index (χ0) is 24.1. The number of carbonyl (C=O) groups is 3.